The van der Waals surface area contributed by atoms with Crippen molar-refractivity contribution in [2.24, 2.45) is 9.98 Å². The molecule has 0 saturated heterocycles. The number of allylic oxidation sites excluding steroid dienone is 4. The molecular formula is C33H42N4Zn. The average molecular weight is 560 g/mol. The Balaban J connectivity index is 0.00000400. The van der Waals surface area contributed by atoms with Crippen LogP contribution in [0.15, 0.2) is 49.9 Å². The third-order valence-corrected chi connectivity index (χ3v) is 8.10. The molecule has 2 aromatic heterocycles. The molecule has 0 N–H and O–H groups in total. The van der Waals surface area contributed by atoms with Crippen LogP contribution >= 0.6 is 0 Å². The van der Waals surface area contributed by atoms with Gasteiger partial charge in [-0.2, -0.15) is 11.9 Å². The van der Waals surface area contributed by atoms with E-state index < -0.39 is 0 Å². The van der Waals surface area contributed by atoms with E-state index in [0.717, 1.165) is 48.5 Å². The first-order valence-electron chi connectivity index (χ1n) is 13.9. The summed E-state index contributed by atoms with van der Waals surface area (Å²) in [5.41, 5.74) is 17.3. The van der Waals surface area contributed by atoms with Gasteiger partial charge in [-0.1, -0.05) is 61.6 Å². The molecule has 196 valence electrons. The summed E-state index contributed by atoms with van der Waals surface area (Å²) in [6, 6.07) is 0. The largest absolute Gasteiger partial charge is 2.00 e. The summed E-state index contributed by atoms with van der Waals surface area (Å²) in [6.45, 7) is 17.4. The van der Waals surface area contributed by atoms with Crippen molar-refractivity contribution < 1.29 is 19.5 Å². The Morgan fingerprint density at radius 1 is 0.789 bits per heavy atom. The van der Waals surface area contributed by atoms with Crippen LogP contribution in [0, 0.1) is 20.8 Å². The van der Waals surface area contributed by atoms with Crippen molar-refractivity contribution in [2.45, 2.75) is 100 Å². The first-order valence-corrected chi connectivity index (χ1v) is 13.9. The minimum atomic E-state index is 0. The summed E-state index contributed by atoms with van der Waals surface area (Å²) >= 11 is 0. The molecule has 2 aliphatic rings. The van der Waals surface area contributed by atoms with Gasteiger partial charge in [0, 0.05) is 11.9 Å². The van der Waals surface area contributed by atoms with Crippen LogP contribution in [0.5, 0.6) is 0 Å². The van der Waals surface area contributed by atoms with E-state index in [0.29, 0.717) is 0 Å². The van der Waals surface area contributed by atoms with E-state index in [2.05, 4.69) is 77.5 Å². The second-order valence-electron chi connectivity index (χ2n) is 10.5. The van der Waals surface area contributed by atoms with Gasteiger partial charge in [0.2, 0.25) is 0 Å². The van der Waals surface area contributed by atoms with Gasteiger partial charge < -0.3 is 9.97 Å². The molecule has 38 heavy (non-hydrogen) atoms. The Morgan fingerprint density at radius 3 is 2.21 bits per heavy atom. The third-order valence-electron chi connectivity index (χ3n) is 8.10. The van der Waals surface area contributed by atoms with Gasteiger partial charge in [-0.05, 0) is 95.4 Å². The smallest absolute Gasteiger partial charge is 0.664 e. The summed E-state index contributed by atoms with van der Waals surface area (Å²) in [6.07, 6.45) is 16.1. The Kier molecular flexibility index (Phi) is 10.3. The van der Waals surface area contributed by atoms with E-state index in [4.69, 9.17) is 9.98 Å². The van der Waals surface area contributed by atoms with Crippen molar-refractivity contribution in [1.29, 1.82) is 0 Å². The Hall–Kier alpha value is -2.52. The van der Waals surface area contributed by atoms with Crippen LogP contribution in [0.1, 0.15) is 106 Å². The predicted molar refractivity (Wildman–Crippen MR) is 159 cm³/mol. The molecule has 0 aliphatic carbocycles. The molecule has 0 radical (unpaired) electrons. The molecule has 0 aromatic carbocycles. The Bertz CT molecular complexity index is 1370. The number of unbranched alkanes of at least 4 members (excludes halogenated alkanes) is 2. The second-order valence-corrected chi connectivity index (χ2v) is 10.5. The number of hydrogen-bond donors (Lipinski definition) is 0. The van der Waals surface area contributed by atoms with Crippen molar-refractivity contribution in [3.63, 3.8) is 0 Å². The van der Waals surface area contributed by atoms with E-state index in [9.17, 15) is 0 Å². The second kappa shape index (κ2) is 13.0. The summed E-state index contributed by atoms with van der Waals surface area (Å²) in [7, 11) is 0. The van der Waals surface area contributed by atoms with Crippen LogP contribution in [0.4, 0.5) is 0 Å². The van der Waals surface area contributed by atoms with Gasteiger partial charge in [0.05, 0.1) is 11.4 Å². The van der Waals surface area contributed by atoms with Gasteiger partial charge in [-0.3, -0.25) is 9.98 Å². The minimum absolute atomic E-state index is 0. The van der Waals surface area contributed by atoms with Crippen molar-refractivity contribution in [3.8, 4) is 0 Å². The van der Waals surface area contributed by atoms with Crippen LogP contribution in [0.25, 0.3) is 12.2 Å². The van der Waals surface area contributed by atoms with Gasteiger partial charge in [0.25, 0.3) is 0 Å². The van der Waals surface area contributed by atoms with E-state index in [1.807, 2.05) is 12.4 Å². The molecule has 0 spiro atoms. The van der Waals surface area contributed by atoms with Crippen LogP contribution in [-0.2, 0) is 32.3 Å². The molecule has 0 atom stereocenters. The quantitative estimate of drug-likeness (QED) is 0.218. The Morgan fingerprint density at radius 2 is 1.50 bits per heavy atom. The maximum absolute atomic E-state index is 4.90. The molecule has 0 amide bonds. The van der Waals surface area contributed by atoms with E-state index in [-0.39, 0.29) is 19.5 Å². The zero-order valence-corrected chi connectivity index (χ0v) is 27.7. The molecule has 2 aliphatic heterocycles. The molecule has 4 nitrogen and oxygen atoms in total. The number of aryl methyl sites for hydroxylation is 2. The van der Waals surface area contributed by atoms with E-state index in [1.165, 1.54) is 75.2 Å². The standard InChI is InChI=1S/C33H42N4.Zn/c1-9-26-20(3)18-34-32(26)16-30-22(5)28(24(7)36-30)14-12-11-13-15-29-23(6)31(37-25(29)8)17-33-27(10-2)21(4)19-35-33;/h16-19H,9-15H2,1-8H3;/q-2;+2/b30-16-,33-17+;. The fraction of sp³-hybridized carbons (Fsp3) is 0.455. The molecule has 0 saturated carbocycles. The maximum atomic E-state index is 4.90. The topological polar surface area (TPSA) is 52.9 Å². The van der Waals surface area contributed by atoms with Crippen molar-refractivity contribution >= 4 is 24.1 Å². The van der Waals surface area contributed by atoms with Gasteiger partial charge in [0.15, 0.2) is 0 Å². The summed E-state index contributed by atoms with van der Waals surface area (Å²) in [4.78, 5) is 19.0. The fourth-order valence-corrected chi connectivity index (χ4v) is 5.79. The zero-order valence-electron chi connectivity index (χ0n) is 24.8. The molecule has 0 bridgehead atoms. The molecule has 4 heterocycles. The van der Waals surface area contributed by atoms with Gasteiger partial charge in [0.1, 0.15) is 0 Å². The monoisotopic (exact) mass is 558 g/mol. The molecular weight excluding hydrogens is 518 g/mol. The Labute approximate surface area is 242 Å². The average Bonchev–Trinajstić information content (AvgIpc) is 3.56. The van der Waals surface area contributed by atoms with Crippen LogP contribution in [-0.4, -0.2) is 11.9 Å². The predicted octanol–water partition coefficient (Wildman–Crippen LogP) is 8.17. The summed E-state index contributed by atoms with van der Waals surface area (Å²) in [5.74, 6) is 0. The zero-order chi connectivity index (χ0) is 26.7. The maximum Gasteiger partial charge on any atom is 2.00 e. The number of nitrogens with zero attached hydrogens (tertiary/aromatic N) is 4. The minimum Gasteiger partial charge on any atom is -0.664 e. The molecule has 0 unspecified atom stereocenters. The van der Waals surface area contributed by atoms with Crippen LogP contribution < -0.4 is 9.97 Å². The van der Waals surface area contributed by atoms with Gasteiger partial charge >= 0.3 is 19.5 Å². The van der Waals surface area contributed by atoms with Gasteiger partial charge in [-0.15, -0.1) is 11.4 Å². The number of rotatable bonds is 10. The van der Waals surface area contributed by atoms with Crippen molar-refractivity contribution in [2.75, 3.05) is 0 Å². The van der Waals surface area contributed by atoms with Crippen LogP contribution in [0.2, 0.25) is 0 Å². The first kappa shape index (κ1) is 30.0. The number of hydrogen-bond acceptors (Lipinski definition) is 2. The van der Waals surface area contributed by atoms with E-state index >= 15 is 0 Å². The SMILES string of the molecule is CCC1=C(C)C=N/C1=C/c1[n-]c(C)c(CCCCCC2=C(C)/C(=C/c3[n-]cc(C)c3CC)N=C2C)c1C.[Zn+2]. The van der Waals surface area contributed by atoms with Gasteiger partial charge in [-0.25, -0.2) is 0 Å². The molecule has 5 heteroatoms. The normalized spacial score (nSPS) is 17.4. The van der Waals surface area contributed by atoms with E-state index in [1.54, 1.807) is 0 Å². The fourth-order valence-electron chi connectivity index (χ4n) is 5.79. The number of aliphatic imine (C=N–C) groups is 2. The molecule has 0 fully saturated rings. The first-order chi connectivity index (χ1) is 17.7. The third kappa shape index (κ3) is 6.20. The molecule has 4 rings (SSSR count). The molecule has 2 aromatic rings. The summed E-state index contributed by atoms with van der Waals surface area (Å²) in [5, 5.41) is 0. The summed E-state index contributed by atoms with van der Waals surface area (Å²) < 4.78 is 0. The van der Waals surface area contributed by atoms with Crippen molar-refractivity contribution in [1.82, 2.24) is 9.97 Å². The number of aromatic nitrogens is 2. The van der Waals surface area contributed by atoms with Crippen LogP contribution in [0.3, 0.4) is 0 Å². The van der Waals surface area contributed by atoms with Crippen molar-refractivity contribution in [3.05, 3.63) is 79.2 Å².